The fourth-order valence-corrected chi connectivity index (χ4v) is 3.23. The molecule has 0 spiro atoms. The predicted octanol–water partition coefficient (Wildman–Crippen LogP) is 4.47. The Kier molecular flexibility index (Phi) is 4.11. The van der Waals surface area contributed by atoms with Crippen molar-refractivity contribution >= 4 is 0 Å². The molecule has 0 heterocycles. The topological polar surface area (TPSA) is 26.0 Å². The highest BCUT2D eigenvalue weighted by atomic mass is 14.7. The minimum atomic E-state index is 0.202. The van der Waals surface area contributed by atoms with Gasteiger partial charge in [0.1, 0.15) is 0 Å². The molecule has 1 aliphatic rings. The second-order valence-corrected chi connectivity index (χ2v) is 6.68. The van der Waals surface area contributed by atoms with Crippen LogP contribution in [0.25, 0.3) is 0 Å². The highest BCUT2D eigenvalue weighted by Crippen LogP contribution is 2.45. The van der Waals surface area contributed by atoms with Gasteiger partial charge in [-0.3, -0.25) is 0 Å². The van der Waals surface area contributed by atoms with Crippen molar-refractivity contribution in [1.29, 1.82) is 0 Å². The third-order valence-electron chi connectivity index (χ3n) is 4.48. The Labute approximate surface area is 112 Å². The van der Waals surface area contributed by atoms with Crippen LogP contribution in [0.2, 0.25) is 0 Å². The van der Waals surface area contributed by atoms with Crippen LogP contribution in [0.3, 0.4) is 0 Å². The first-order chi connectivity index (χ1) is 8.51. The lowest BCUT2D eigenvalue weighted by Crippen LogP contribution is -2.29. The van der Waals surface area contributed by atoms with E-state index in [2.05, 4.69) is 45.0 Å². The lowest BCUT2D eigenvalue weighted by atomic mass is 9.77. The van der Waals surface area contributed by atoms with Gasteiger partial charge < -0.3 is 5.73 Å². The Morgan fingerprint density at radius 2 is 1.67 bits per heavy atom. The second-order valence-electron chi connectivity index (χ2n) is 6.68. The van der Waals surface area contributed by atoms with E-state index in [4.69, 9.17) is 5.73 Å². The molecule has 0 radical (unpaired) electrons. The van der Waals surface area contributed by atoms with Gasteiger partial charge >= 0.3 is 0 Å². The van der Waals surface area contributed by atoms with E-state index in [1.165, 1.54) is 36.8 Å². The minimum Gasteiger partial charge on any atom is -0.323 e. The largest absolute Gasteiger partial charge is 0.323 e. The van der Waals surface area contributed by atoms with E-state index >= 15 is 0 Å². The lowest BCUT2D eigenvalue weighted by Gasteiger charge is -2.31. The van der Waals surface area contributed by atoms with E-state index in [0.29, 0.717) is 5.41 Å². The Morgan fingerprint density at radius 3 is 2.17 bits per heavy atom. The van der Waals surface area contributed by atoms with Crippen LogP contribution in [0.5, 0.6) is 0 Å². The average molecular weight is 245 g/mol. The van der Waals surface area contributed by atoms with Gasteiger partial charge in [0.15, 0.2) is 0 Å². The third-order valence-corrected chi connectivity index (χ3v) is 4.48. The van der Waals surface area contributed by atoms with Gasteiger partial charge in [-0.15, -0.1) is 0 Å². The maximum Gasteiger partial charge on any atom is 0.0349 e. The van der Waals surface area contributed by atoms with Crippen molar-refractivity contribution in [1.82, 2.24) is 0 Å². The van der Waals surface area contributed by atoms with Gasteiger partial charge in [0, 0.05) is 6.04 Å². The predicted molar refractivity (Wildman–Crippen MR) is 78.5 cm³/mol. The molecule has 1 aliphatic carbocycles. The van der Waals surface area contributed by atoms with E-state index in [-0.39, 0.29) is 6.04 Å². The quantitative estimate of drug-likeness (QED) is 0.832. The molecule has 2 N–H and O–H groups in total. The molecule has 1 aromatic carbocycles. The summed E-state index contributed by atoms with van der Waals surface area (Å²) in [6.07, 6.45) is 6.40. The van der Waals surface area contributed by atoms with Gasteiger partial charge in [-0.1, -0.05) is 57.9 Å². The number of rotatable bonds is 4. The van der Waals surface area contributed by atoms with Crippen LogP contribution in [0.4, 0.5) is 0 Å². The van der Waals surface area contributed by atoms with E-state index in [0.717, 1.165) is 12.3 Å². The van der Waals surface area contributed by atoms with E-state index in [1.54, 1.807) is 0 Å². The molecule has 0 bridgehead atoms. The molecular weight excluding hydrogens is 218 g/mol. The summed E-state index contributed by atoms with van der Waals surface area (Å²) >= 11 is 0. The number of hydrogen-bond donors (Lipinski definition) is 1. The van der Waals surface area contributed by atoms with Crippen LogP contribution in [0.15, 0.2) is 24.3 Å². The second kappa shape index (κ2) is 5.44. The number of hydrogen-bond acceptors (Lipinski definition) is 1. The van der Waals surface area contributed by atoms with Crippen molar-refractivity contribution in [3.63, 3.8) is 0 Å². The third kappa shape index (κ3) is 2.95. The first kappa shape index (κ1) is 13.6. The van der Waals surface area contributed by atoms with Crippen LogP contribution in [0, 0.1) is 11.3 Å². The standard InChI is InChI=1S/C17H27N/c1-13(2)12-14-6-8-15(9-7-14)16(18)17(3)10-4-5-11-17/h6-9,13,16H,4-5,10-12,18H2,1-3H3. The lowest BCUT2D eigenvalue weighted by molar-refractivity contribution is 0.265. The fraction of sp³-hybridized carbons (Fsp3) is 0.647. The first-order valence-corrected chi connectivity index (χ1v) is 7.36. The average Bonchev–Trinajstić information content (AvgIpc) is 2.77. The maximum atomic E-state index is 6.49. The monoisotopic (exact) mass is 245 g/mol. The summed E-state index contributed by atoms with van der Waals surface area (Å²) < 4.78 is 0. The SMILES string of the molecule is CC(C)Cc1ccc(C(N)C2(C)CCCC2)cc1. The summed E-state index contributed by atoms with van der Waals surface area (Å²) in [4.78, 5) is 0. The van der Waals surface area contributed by atoms with Crippen molar-refractivity contribution < 1.29 is 0 Å². The van der Waals surface area contributed by atoms with Gasteiger partial charge in [0.05, 0.1) is 0 Å². The molecule has 18 heavy (non-hydrogen) atoms. The molecule has 0 saturated heterocycles. The minimum absolute atomic E-state index is 0.202. The first-order valence-electron chi connectivity index (χ1n) is 7.36. The summed E-state index contributed by atoms with van der Waals surface area (Å²) in [6.45, 7) is 6.88. The molecule has 1 nitrogen and oxygen atoms in total. The Hall–Kier alpha value is -0.820. The maximum absolute atomic E-state index is 6.49. The van der Waals surface area contributed by atoms with E-state index < -0.39 is 0 Å². The normalized spacial score (nSPS) is 20.3. The van der Waals surface area contributed by atoms with Crippen molar-refractivity contribution in [2.75, 3.05) is 0 Å². The Morgan fingerprint density at radius 1 is 1.11 bits per heavy atom. The fourth-order valence-electron chi connectivity index (χ4n) is 3.23. The Bertz CT molecular complexity index is 371. The van der Waals surface area contributed by atoms with E-state index in [1.807, 2.05) is 0 Å². The molecule has 1 fully saturated rings. The van der Waals surface area contributed by atoms with Gasteiger partial charge in [-0.25, -0.2) is 0 Å². The molecule has 2 rings (SSSR count). The molecule has 1 heteroatoms. The molecule has 100 valence electrons. The zero-order valence-corrected chi connectivity index (χ0v) is 12.1. The highest BCUT2D eigenvalue weighted by molar-refractivity contribution is 5.26. The molecule has 1 unspecified atom stereocenters. The highest BCUT2D eigenvalue weighted by Gasteiger charge is 2.35. The van der Waals surface area contributed by atoms with Gasteiger partial charge in [0.25, 0.3) is 0 Å². The van der Waals surface area contributed by atoms with E-state index in [9.17, 15) is 0 Å². The van der Waals surface area contributed by atoms with Crippen LogP contribution in [-0.4, -0.2) is 0 Å². The van der Waals surface area contributed by atoms with Gasteiger partial charge in [-0.05, 0) is 41.7 Å². The summed E-state index contributed by atoms with van der Waals surface area (Å²) in [5.74, 6) is 0.719. The zero-order valence-electron chi connectivity index (χ0n) is 12.1. The zero-order chi connectivity index (χ0) is 13.2. The summed E-state index contributed by atoms with van der Waals surface area (Å²) in [5.41, 5.74) is 9.55. The van der Waals surface area contributed by atoms with Crippen LogP contribution < -0.4 is 5.73 Å². The van der Waals surface area contributed by atoms with Crippen molar-refractivity contribution in [2.24, 2.45) is 17.1 Å². The summed E-state index contributed by atoms with van der Waals surface area (Å²) in [7, 11) is 0. The number of nitrogens with two attached hydrogens (primary N) is 1. The molecule has 0 aromatic heterocycles. The van der Waals surface area contributed by atoms with Crippen LogP contribution in [-0.2, 0) is 6.42 Å². The molecule has 1 saturated carbocycles. The smallest absolute Gasteiger partial charge is 0.0349 e. The van der Waals surface area contributed by atoms with Crippen molar-refractivity contribution in [2.45, 2.75) is 58.9 Å². The van der Waals surface area contributed by atoms with Crippen LogP contribution >= 0.6 is 0 Å². The number of benzene rings is 1. The van der Waals surface area contributed by atoms with Crippen molar-refractivity contribution in [3.05, 3.63) is 35.4 Å². The molecule has 1 atom stereocenters. The molecule has 1 aromatic rings. The van der Waals surface area contributed by atoms with Gasteiger partial charge in [-0.2, -0.15) is 0 Å². The molecule has 0 aliphatic heterocycles. The Balaban J connectivity index is 2.09. The van der Waals surface area contributed by atoms with Gasteiger partial charge in [0.2, 0.25) is 0 Å². The van der Waals surface area contributed by atoms with Crippen LogP contribution in [0.1, 0.15) is 63.6 Å². The molecular formula is C17H27N. The summed E-state index contributed by atoms with van der Waals surface area (Å²) in [5, 5.41) is 0. The summed E-state index contributed by atoms with van der Waals surface area (Å²) in [6, 6.07) is 9.20. The molecule has 0 amide bonds. The van der Waals surface area contributed by atoms with Crippen molar-refractivity contribution in [3.8, 4) is 0 Å².